The number of nitrogens with two attached hydrogens (primary N) is 1. The quantitative estimate of drug-likeness (QED) is 0.722. The van der Waals surface area contributed by atoms with Crippen LogP contribution < -0.4 is 10.6 Å². The van der Waals surface area contributed by atoms with Gasteiger partial charge in [-0.1, -0.05) is 18.2 Å². The fourth-order valence-electron chi connectivity index (χ4n) is 2.46. The molecule has 0 unspecified atom stereocenters. The Morgan fingerprint density at radius 1 is 1.14 bits per heavy atom. The van der Waals surface area contributed by atoms with E-state index in [2.05, 4.69) is 4.98 Å². The topological polar surface area (TPSA) is 62.1 Å². The number of carbonyl (C=O) groups is 1. The number of amides is 1. The summed E-state index contributed by atoms with van der Waals surface area (Å²) in [5, 5.41) is 0.947. The Morgan fingerprint density at radius 2 is 1.90 bits per heavy atom. The predicted molar refractivity (Wildman–Crippen MR) is 86.5 cm³/mol. The van der Waals surface area contributed by atoms with Gasteiger partial charge in [-0.25, -0.2) is 0 Å². The first-order chi connectivity index (χ1) is 10.2. The van der Waals surface area contributed by atoms with E-state index in [1.807, 2.05) is 61.5 Å². The number of nitrogens with zero attached hydrogens (tertiary/aromatic N) is 1. The Balaban J connectivity index is 1.98. The number of hydrogen-bond donors (Lipinski definition) is 2. The lowest BCUT2D eigenvalue weighted by Gasteiger charge is -2.20. The Kier molecular flexibility index (Phi) is 3.36. The summed E-state index contributed by atoms with van der Waals surface area (Å²) in [4.78, 5) is 17.6. The van der Waals surface area contributed by atoms with Crippen molar-refractivity contribution >= 4 is 28.2 Å². The lowest BCUT2D eigenvalue weighted by molar-refractivity contribution is 0.0984. The molecular weight excluding hydrogens is 262 g/mol. The number of H-pyrrole nitrogens is 1. The second-order valence-corrected chi connectivity index (χ2v) is 4.91. The zero-order chi connectivity index (χ0) is 14.8. The van der Waals surface area contributed by atoms with Crippen LogP contribution in [0.3, 0.4) is 0 Å². The van der Waals surface area contributed by atoms with Crippen molar-refractivity contribution in [1.29, 1.82) is 0 Å². The van der Waals surface area contributed by atoms with Crippen molar-refractivity contribution in [3.63, 3.8) is 0 Å². The molecule has 1 amide bonds. The van der Waals surface area contributed by atoms with Gasteiger partial charge in [0.05, 0.1) is 0 Å². The summed E-state index contributed by atoms with van der Waals surface area (Å²) in [5.74, 6) is -0.0431. The van der Waals surface area contributed by atoms with Gasteiger partial charge < -0.3 is 15.6 Å². The average molecular weight is 279 g/mol. The third kappa shape index (κ3) is 2.48. The molecule has 0 saturated carbocycles. The lowest BCUT2D eigenvalue weighted by atomic mass is 10.2. The molecule has 106 valence electrons. The molecule has 2 aromatic carbocycles. The number of benzene rings is 2. The molecule has 0 atom stereocenters. The van der Waals surface area contributed by atoms with Gasteiger partial charge in [0.25, 0.3) is 5.91 Å². The number of aromatic nitrogens is 1. The van der Waals surface area contributed by atoms with Gasteiger partial charge in [-0.15, -0.1) is 0 Å². The van der Waals surface area contributed by atoms with E-state index in [4.69, 9.17) is 5.73 Å². The molecule has 0 aliphatic carbocycles. The van der Waals surface area contributed by atoms with Crippen LogP contribution in [0.15, 0.2) is 54.6 Å². The minimum atomic E-state index is -0.0431. The van der Waals surface area contributed by atoms with Gasteiger partial charge in [-0.05, 0) is 43.3 Å². The van der Waals surface area contributed by atoms with Crippen molar-refractivity contribution in [2.75, 3.05) is 17.2 Å². The minimum absolute atomic E-state index is 0.0431. The number of fused-ring (bicyclic) bond motifs is 1. The van der Waals surface area contributed by atoms with E-state index in [-0.39, 0.29) is 5.91 Å². The molecule has 0 aliphatic rings. The van der Waals surface area contributed by atoms with Crippen molar-refractivity contribution in [2.24, 2.45) is 0 Å². The van der Waals surface area contributed by atoms with Crippen molar-refractivity contribution in [2.45, 2.75) is 6.92 Å². The molecule has 3 rings (SSSR count). The van der Waals surface area contributed by atoms with Gasteiger partial charge in [-0.2, -0.15) is 0 Å². The van der Waals surface area contributed by atoms with Crippen LogP contribution >= 0.6 is 0 Å². The Labute approximate surface area is 123 Å². The minimum Gasteiger partial charge on any atom is -0.399 e. The number of nitrogens with one attached hydrogen (secondary N) is 1. The highest BCUT2D eigenvalue weighted by Gasteiger charge is 2.17. The van der Waals surface area contributed by atoms with E-state index in [0.29, 0.717) is 17.9 Å². The zero-order valence-corrected chi connectivity index (χ0v) is 11.8. The Morgan fingerprint density at radius 3 is 2.62 bits per heavy atom. The molecule has 0 radical (unpaired) electrons. The highest BCUT2D eigenvalue weighted by Crippen LogP contribution is 2.21. The molecule has 4 nitrogen and oxygen atoms in total. The van der Waals surface area contributed by atoms with Crippen LogP contribution in [0.25, 0.3) is 10.9 Å². The van der Waals surface area contributed by atoms with Crippen molar-refractivity contribution in [3.05, 3.63) is 60.3 Å². The largest absolute Gasteiger partial charge is 0.399 e. The monoisotopic (exact) mass is 279 g/mol. The molecule has 1 heterocycles. The summed E-state index contributed by atoms with van der Waals surface area (Å²) in [6.07, 6.45) is 0. The normalized spacial score (nSPS) is 10.7. The van der Waals surface area contributed by atoms with Gasteiger partial charge in [0.1, 0.15) is 5.69 Å². The molecule has 0 spiro atoms. The van der Waals surface area contributed by atoms with E-state index < -0.39 is 0 Å². The molecule has 21 heavy (non-hydrogen) atoms. The second kappa shape index (κ2) is 5.32. The van der Waals surface area contributed by atoms with Crippen LogP contribution in [-0.4, -0.2) is 17.4 Å². The third-order valence-corrected chi connectivity index (χ3v) is 3.50. The van der Waals surface area contributed by atoms with E-state index in [0.717, 1.165) is 16.6 Å². The zero-order valence-electron chi connectivity index (χ0n) is 11.8. The number of aromatic amines is 1. The molecule has 4 heteroatoms. The number of nitrogen functional groups attached to an aromatic ring is 1. The van der Waals surface area contributed by atoms with Crippen LogP contribution in [0.4, 0.5) is 11.4 Å². The first kappa shape index (κ1) is 13.2. The van der Waals surface area contributed by atoms with Crippen molar-refractivity contribution in [3.8, 4) is 0 Å². The van der Waals surface area contributed by atoms with Crippen LogP contribution in [0.5, 0.6) is 0 Å². The average Bonchev–Trinajstić information content (AvgIpc) is 2.92. The van der Waals surface area contributed by atoms with Crippen LogP contribution in [0.1, 0.15) is 17.4 Å². The molecule has 0 bridgehead atoms. The number of rotatable bonds is 3. The smallest absolute Gasteiger partial charge is 0.274 e. The maximum atomic E-state index is 12.7. The fourth-order valence-corrected chi connectivity index (χ4v) is 2.46. The third-order valence-electron chi connectivity index (χ3n) is 3.50. The fraction of sp³-hybridized carbons (Fsp3) is 0.118. The molecule has 3 N–H and O–H groups in total. The number of anilines is 2. The molecule has 1 aromatic heterocycles. The lowest BCUT2D eigenvalue weighted by Crippen LogP contribution is -2.30. The second-order valence-electron chi connectivity index (χ2n) is 4.91. The van der Waals surface area contributed by atoms with Crippen molar-refractivity contribution < 1.29 is 4.79 Å². The van der Waals surface area contributed by atoms with Crippen LogP contribution in [0, 0.1) is 0 Å². The highest BCUT2D eigenvalue weighted by atomic mass is 16.2. The maximum absolute atomic E-state index is 12.7. The van der Waals surface area contributed by atoms with Crippen LogP contribution in [0.2, 0.25) is 0 Å². The van der Waals surface area contributed by atoms with E-state index >= 15 is 0 Å². The summed E-state index contributed by atoms with van der Waals surface area (Å²) in [7, 11) is 0. The van der Waals surface area contributed by atoms with Crippen molar-refractivity contribution in [1.82, 2.24) is 4.98 Å². The van der Waals surface area contributed by atoms with Gasteiger partial charge >= 0.3 is 0 Å². The summed E-state index contributed by atoms with van der Waals surface area (Å²) in [5.41, 5.74) is 8.84. The number of carbonyl (C=O) groups excluding carboxylic acids is 1. The predicted octanol–water partition coefficient (Wildman–Crippen LogP) is 3.42. The summed E-state index contributed by atoms with van der Waals surface area (Å²) < 4.78 is 0. The first-order valence-corrected chi connectivity index (χ1v) is 6.94. The van der Waals surface area contributed by atoms with Gasteiger partial charge in [0.15, 0.2) is 0 Å². The standard InChI is InChI=1S/C17H17N3O/c1-2-20(14-6-4-3-5-7-14)17(21)16-11-12-10-13(18)8-9-15(12)19-16/h3-11,19H,2,18H2,1H3. The Bertz CT molecular complexity index is 777. The summed E-state index contributed by atoms with van der Waals surface area (Å²) in [6.45, 7) is 2.58. The van der Waals surface area contributed by atoms with Gasteiger partial charge in [-0.3, -0.25) is 4.79 Å². The highest BCUT2D eigenvalue weighted by molar-refractivity contribution is 6.07. The maximum Gasteiger partial charge on any atom is 0.274 e. The molecule has 0 aliphatic heterocycles. The van der Waals surface area contributed by atoms with Gasteiger partial charge in [0, 0.05) is 28.8 Å². The summed E-state index contributed by atoms with van der Waals surface area (Å²) in [6, 6.07) is 17.1. The Hall–Kier alpha value is -2.75. The SMILES string of the molecule is CCN(C(=O)c1cc2cc(N)ccc2[nH]1)c1ccccc1. The van der Waals surface area contributed by atoms with E-state index in [1.54, 1.807) is 4.90 Å². The van der Waals surface area contributed by atoms with Crippen LogP contribution in [-0.2, 0) is 0 Å². The molecule has 0 saturated heterocycles. The van der Waals surface area contributed by atoms with E-state index in [1.165, 1.54) is 0 Å². The van der Waals surface area contributed by atoms with Gasteiger partial charge in [0.2, 0.25) is 0 Å². The summed E-state index contributed by atoms with van der Waals surface area (Å²) >= 11 is 0. The molecule has 0 fully saturated rings. The number of para-hydroxylation sites is 1. The first-order valence-electron chi connectivity index (χ1n) is 6.94. The van der Waals surface area contributed by atoms with E-state index in [9.17, 15) is 4.79 Å². The molecular formula is C17H17N3O. The number of hydrogen-bond acceptors (Lipinski definition) is 2. The molecule has 3 aromatic rings.